The van der Waals surface area contributed by atoms with Gasteiger partial charge in [0.05, 0.1) is 22.5 Å². The third-order valence-electron chi connectivity index (χ3n) is 5.05. The second-order valence-electron chi connectivity index (χ2n) is 7.19. The molecule has 7 nitrogen and oxygen atoms in total. The number of nitrogens with one attached hydrogen (secondary N) is 1. The monoisotopic (exact) mass is 436 g/mol. The van der Waals surface area contributed by atoms with Gasteiger partial charge < -0.3 is 15.1 Å². The molecule has 0 aliphatic carbocycles. The van der Waals surface area contributed by atoms with Crippen LogP contribution in [0.1, 0.15) is 10.4 Å². The van der Waals surface area contributed by atoms with Gasteiger partial charge in [-0.1, -0.05) is 11.6 Å². The Morgan fingerprint density at radius 3 is 2.28 bits per heavy atom. The van der Waals surface area contributed by atoms with Gasteiger partial charge in [-0.2, -0.15) is 0 Å². The number of hydrogen-bond donors (Lipinski definition) is 1. The average Bonchev–Trinajstić information content (AvgIpc) is 2.68. The Hall–Kier alpha value is -2.29. The Balaban J connectivity index is 1.73. The van der Waals surface area contributed by atoms with Gasteiger partial charge in [0.2, 0.25) is 10.0 Å². The van der Waals surface area contributed by atoms with Crippen LogP contribution >= 0.6 is 11.6 Å². The molecule has 156 valence electrons. The second-order valence-corrected chi connectivity index (χ2v) is 9.61. The van der Waals surface area contributed by atoms with Crippen LogP contribution in [0.4, 0.5) is 17.1 Å². The summed E-state index contributed by atoms with van der Waals surface area (Å²) in [7, 11) is 0.105. The minimum atomic E-state index is -3.44. The number of carbonyl (C=O) groups excluding carboxylic acids is 1. The lowest BCUT2D eigenvalue weighted by atomic mass is 10.1. The van der Waals surface area contributed by atoms with Crippen molar-refractivity contribution in [1.82, 2.24) is 4.90 Å². The van der Waals surface area contributed by atoms with E-state index in [-0.39, 0.29) is 10.6 Å². The highest BCUT2D eigenvalue weighted by atomic mass is 35.5. The molecule has 1 amide bonds. The van der Waals surface area contributed by atoms with Crippen LogP contribution in [0.3, 0.4) is 0 Å². The maximum absolute atomic E-state index is 12.7. The lowest BCUT2D eigenvalue weighted by Crippen LogP contribution is -2.44. The Morgan fingerprint density at radius 1 is 1.07 bits per heavy atom. The Bertz CT molecular complexity index is 987. The molecule has 0 atom stereocenters. The van der Waals surface area contributed by atoms with Gasteiger partial charge in [0.25, 0.3) is 5.91 Å². The number of carbonyl (C=O) groups is 1. The summed E-state index contributed by atoms with van der Waals surface area (Å²) in [6.45, 7) is 3.99. The molecule has 1 heterocycles. The van der Waals surface area contributed by atoms with E-state index in [1.807, 2.05) is 24.3 Å². The van der Waals surface area contributed by atoms with Crippen LogP contribution < -0.4 is 14.5 Å². The quantitative estimate of drug-likeness (QED) is 0.780. The molecule has 2 aromatic carbocycles. The summed E-state index contributed by atoms with van der Waals surface area (Å²) in [6, 6.07) is 12.2. The second kappa shape index (κ2) is 8.61. The van der Waals surface area contributed by atoms with Crippen molar-refractivity contribution in [3.05, 3.63) is 53.1 Å². The van der Waals surface area contributed by atoms with Crippen LogP contribution in [0, 0.1) is 0 Å². The molecular formula is C20H25ClN4O3S. The summed E-state index contributed by atoms with van der Waals surface area (Å²) in [6.07, 6.45) is 1.10. The Kier molecular flexibility index (Phi) is 6.36. The van der Waals surface area contributed by atoms with Crippen LogP contribution in [0.2, 0.25) is 5.02 Å². The predicted molar refractivity (Wildman–Crippen MR) is 119 cm³/mol. The van der Waals surface area contributed by atoms with Crippen molar-refractivity contribution in [3.8, 4) is 0 Å². The van der Waals surface area contributed by atoms with Crippen LogP contribution in [-0.4, -0.2) is 65.8 Å². The van der Waals surface area contributed by atoms with Gasteiger partial charge >= 0.3 is 0 Å². The molecular weight excluding hydrogens is 412 g/mol. The van der Waals surface area contributed by atoms with E-state index >= 15 is 0 Å². The number of amides is 1. The number of hydrogen-bond acceptors (Lipinski definition) is 5. The van der Waals surface area contributed by atoms with Crippen LogP contribution in [-0.2, 0) is 10.0 Å². The molecule has 29 heavy (non-hydrogen) atoms. The van der Waals surface area contributed by atoms with Crippen molar-refractivity contribution in [2.75, 3.05) is 61.1 Å². The number of rotatable bonds is 5. The maximum atomic E-state index is 12.7. The number of benzene rings is 2. The van der Waals surface area contributed by atoms with Gasteiger partial charge in [-0.05, 0) is 49.5 Å². The maximum Gasteiger partial charge on any atom is 0.257 e. The van der Waals surface area contributed by atoms with Crippen molar-refractivity contribution in [1.29, 1.82) is 0 Å². The summed E-state index contributed by atoms with van der Waals surface area (Å²) >= 11 is 6.18. The normalized spacial score (nSPS) is 15.2. The fourth-order valence-electron chi connectivity index (χ4n) is 3.09. The van der Waals surface area contributed by atoms with Crippen molar-refractivity contribution in [2.24, 2.45) is 0 Å². The van der Waals surface area contributed by atoms with Gasteiger partial charge in [0.1, 0.15) is 0 Å². The first-order valence-corrected chi connectivity index (χ1v) is 11.5. The molecule has 1 aliphatic rings. The highest BCUT2D eigenvalue weighted by Crippen LogP contribution is 2.26. The molecule has 0 unspecified atom stereocenters. The van der Waals surface area contributed by atoms with Gasteiger partial charge in [-0.3, -0.25) is 9.10 Å². The van der Waals surface area contributed by atoms with Crippen molar-refractivity contribution < 1.29 is 13.2 Å². The molecule has 0 spiro atoms. The van der Waals surface area contributed by atoms with Crippen LogP contribution in [0.15, 0.2) is 42.5 Å². The molecule has 0 aromatic heterocycles. The average molecular weight is 437 g/mol. The van der Waals surface area contributed by atoms with E-state index in [2.05, 4.69) is 22.2 Å². The molecule has 0 radical (unpaired) electrons. The predicted octanol–water partition coefficient (Wildman–Crippen LogP) is 2.74. The van der Waals surface area contributed by atoms with Crippen LogP contribution in [0.5, 0.6) is 0 Å². The topological polar surface area (TPSA) is 73.0 Å². The zero-order chi connectivity index (χ0) is 21.2. The standard InChI is InChI=1S/C20H25ClN4O3S/c1-23-10-12-25(13-11-23)16-6-4-15(5-7-16)22-20(26)18-14-17(8-9-19(18)21)24(2)29(3,27)28/h4-9,14H,10-13H2,1-3H3,(H,22,26). The van der Waals surface area contributed by atoms with E-state index in [0.717, 1.165) is 42.4 Å². The van der Waals surface area contributed by atoms with Crippen LogP contribution in [0.25, 0.3) is 0 Å². The molecule has 0 saturated carbocycles. The first-order valence-electron chi connectivity index (χ1n) is 9.23. The third kappa shape index (κ3) is 5.20. The largest absolute Gasteiger partial charge is 0.369 e. The van der Waals surface area contributed by atoms with Gasteiger partial charge in [-0.25, -0.2) is 8.42 Å². The molecule has 0 bridgehead atoms. The minimum Gasteiger partial charge on any atom is -0.369 e. The van der Waals surface area contributed by atoms with E-state index in [1.54, 1.807) is 6.07 Å². The molecule has 3 rings (SSSR count). The van der Waals surface area contributed by atoms with Gasteiger partial charge in [-0.15, -0.1) is 0 Å². The first kappa shape index (κ1) is 21.4. The van der Waals surface area contributed by atoms with E-state index in [4.69, 9.17) is 11.6 Å². The Morgan fingerprint density at radius 2 is 1.69 bits per heavy atom. The fraction of sp³-hybridized carbons (Fsp3) is 0.350. The van der Waals surface area contributed by atoms with E-state index in [1.165, 1.54) is 19.2 Å². The smallest absolute Gasteiger partial charge is 0.257 e. The SMILES string of the molecule is CN1CCN(c2ccc(NC(=O)c3cc(N(C)S(C)(=O)=O)ccc3Cl)cc2)CC1. The molecule has 1 N–H and O–H groups in total. The Labute approximate surface area is 176 Å². The lowest BCUT2D eigenvalue weighted by Gasteiger charge is -2.34. The molecule has 1 aliphatic heterocycles. The number of halogens is 1. The molecule has 1 fully saturated rings. The number of sulfonamides is 1. The molecule has 9 heteroatoms. The minimum absolute atomic E-state index is 0.211. The van der Waals surface area contributed by atoms with Crippen molar-refractivity contribution in [2.45, 2.75) is 0 Å². The van der Waals surface area contributed by atoms with E-state index in [9.17, 15) is 13.2 Å². The van der Waals surface area contributed by atoms with Crippen molar-refractivity contribution in [3.63, 3.8) is 0 Å². The lowest BCUT2D eigenvalue weighted by molar-refractivity contribution is 0.102. The number of nitrogens with zero attached hydrogens (tertiary/aromatic N) is 3. The van der Waals surface area contributed by atoms with E-state index < -0.39 is 15.9 Å². The zero-order valence-corrected chi connectivity index (χ0v) is 18.3. The third-order valence-corrected chi connectivity index (χ3v) is 6.58. The van der Waals surface area contributed by atoms with Gasteiger partial charge in [0, 0.05) is 44.6 Å². The molecule has 1 saturated heterocycles. The molecule has 2 aromatic rings. The fourth-order valence-corrected chi connectivity index (χ4v) is 3.79. The number of anilines is 3. The summed E-state index contributed by atoms with van der Waals surface area (Å²) < 4.78 is 24.6. The first-order chi connectivity index (χ1) is 13.6. The van der Waals surface area contributed by atoms with E-state index in [0.29, 0.717) is 11.4 Å². The number of piperazine rings is 1. The summed E-state index contributed by atoms with van der Waals surface area (Å²) in [5.41, 5.74) is 2.34. The zero-order valence-electron chi connectivity index (χ0n) is 16.7. The highest BCUT2D eigenvalue weighted by Gasteiger charge is 2.18. The summed E-state index contributed by atoms with van der Waals surface area (Å²) in [5, 5.41) is 3.08. The summed E-state index contributed by atoms with van der Waals surface area (Å²) in [5.74, 6) is -0.397. The summed E-state index contributed by atoms with van der Waals surface area (Å²) in [4.78, 5) is 17.3. The van der Waals surface area contributed by atoms with Crippen molar-refractivity contribution >= 4 is 44.6 Å². The van der Waals surface area contributed by atoms with Gasteiger partial charge in [0.15, 0.2) is 0 Å². The highest BCUT2D eigenvalue weighted by molar-refractivity contribution is 7.92. The number of likely N-dealkylation sites (N-methyl/N-ethyl adjacent to an activating group) is 1.